The average molecular weight is 414 g/mol. The number of benzene rings is 2. The molecule has 0 unspecified atom stereocenters. The molecule has 160 valence electrons. The second-order valence-electron chi connectivity index (χ2n) is 6.75. The van der Waals surface area contributed by atoms with Crippen molar-refractivity contribution in [2.24, 2.45) is 0 Å². The average Bonchev–Trinajstić information content (AvgIpc) is 2.79. The van der Waals surface area contributed by atoms with Crippen LogP contribution in [0.5, 0.6) is 17.2 Å². The fraction of sp³-hybridized carbons (Fsp3) is 0.391. The molecule has 0 saturated heterocycles. The summed E-state index contributed by atoms with van der Waals surface area (Å²) in [6, 6.07) is 12.1. The van der Waals surface area contributed by atoms with Crippen LogP contribution in [0.3, 0.4) is 0 Å². The van der Waals surface area contributed by atoms with Crippen molar-refractivity contribution in [1.29, 1.82) is 0 Å². The van der Waals surface area contributed by atoms with E-state index >= 15 is 0 Å². The highest BCUT2D eigenvalue weighted by Gasteiger charge is 2.15. The van der Waals surface area contributed by atoms with Crippen LogP contribution in [0.1, 0.15) is 40.0 Å². The first-order chi connectivity index (χ1) is 14.7. The minimum atomic E-state index is -0.0167. The van der Waals surface area contributed by atoms with Gasteiger partial charge in [-0.3, -0.25) is 9.59 Å². The van der Waals surface area contributed by atoms with Crippen molar-refractivity contribution in [3.63, 3.8) is 0 Å². The quantitative estimate of drug-likeness (QED) is 0.298. The zero-order valence-electron chi connectivity index (χ0n) is 17.1. The third-order valence-corrected chi connectivity index (χ3v) is 4.59. The first kappa shape index (κ1) is 21.8. The highest BCUT2D eigenvalue weighted by molar-refractivity contribution is 5.98. The smallest absolute Gasteiger partial charge is 0.189 e. The normalized spacial score (nSPS) is 12.4. The molecule has 1 aliphatic rings. The Bertz CT molecular complexity index is 845. The molecule has 2 aromatic carbocycles. The van der Waals surface area contributed by atoms with Crippen molar-refractivity contribution in [1.82, 2.24) is 0 Å². The molecule has 0 radical (unpaired) electrons. The van der Waals surface area contributed by atoms with E-state index in [4.69, 9.17) is 23.7 Å². The summed E-state index contributed by atoms with van der Waals surface area (Å²) in [7, 11) is 1.61. The lowest BCUT2D eigenvalue weighted by atomic mass is 10.0. The number of carbonyl (C=O) groups excluding carboxylic acids is 2. The van der Waals surface area contributed by atoms with Crippen LogP contribution in [-0.4, -0.2) is 51.9 Å². The van der Waals surface area contributed by atoms with Gasteiger partial charge in [0.15, 0.2) is 29.9 Å². The molecular formula is C23H26O7. The zero-order valence-corrected chi connectivity index (χ0v) is 17.1. The van der Waals surface area contributed by atoms with Crippen LogP contribution >= 0.6 is 0 Å². The standard InChI is InChI=1S/C23H26O7/c1-26-11-12-27-16-30-19-8-5-17(6-9-19)20(24)3-2-4-21(25)18-7-10-22-23(15-18)29-14-13-28-22/h5-10,15H,2-4,11-14,16H2,1H3. The molecule has 3 rings (SSSR count). The Morgan fingerprint density at radius 1 is 0.867 bits per heavy atom. The predicted octanol–water partition coefficient (Wildman–Crippen LogP) is 3.69. The van der Waals surface area contributed by atoms with E-state index in [0.717, 1.165) is 0 Å². The maximum atomic E-state index is 12.4. The number of fused-ring (bicyclic) bond motifs is 1. The van der Waals surface area contributed by atoms with Gasteiger partial charge in [0.05, 0.1) is 13.2 Å². The van der Waals surface area contributed by atoms with Gasteiger partial charge in [0.1, 0.15) is 19.0 Å². The van der Waals surface area contributed by atoms with Crippen LogP contribution in [0.15, 0.2) is 42.5 Å². The minimum absolute atomic E-state index is 0.00660. The Morgan fingerprint density at radius 2 is 1.53 bits per heavy atom. The highest BCUT2D eigenvalue weighted by atomic mass is 16.7. The van der Waals surface area contributed by atoms with Gasteiger partial charge in [-0.05, 0) is 48.9 Å². The lowest BCUT2D eigenvalue weighted by Crippen LogP contribution is -2.15. The Kier molecular flexibility index (Phi) is 8.23. The van der Waals surface area contributed by atoms with Crippen LogP contribution in [0.4, 0.5) is 0 Å². The van der Waals surface area contributed by atoms with E-state index in [0.29, 0.717) is 74.1 Å². The largest absolute Gasteiger partial charge is 0.486 e. The molecule has 0 fully saturated rings. The first-order valence-electron chi connectivity index (χ1n) is 9.93. The molecule has 7 heteroatoms. The fourth-order valence-corrected chi connectivity index (χ4v) is 2.96. The summed E-state index contributed by atoms with van der Waals surface area (Å²) in [4.78, 5) is 24.8. The number of hydrogen-bond donors (Lipinski definition) is 0. The Balaban J connectivity index is 1.41. The van der Waals surface area contributed by atoms with E-state index in [9.17, 15) is 9.59 Å². The zero-order chi connectivity index (χ0) is 21.2. The van der Waals surface area contributed by atoms with E-state index in [1.165, 1.54) is 0 Å². The van der Waals surface area contributed by atoms with Crippen molar-refractivity contribution < 1.29 is 33.3 Å². The first-order valence-corrected chi connectivity index (χ1v) is 9.93. The van der Waals surface area contributed by atoms with Gasteiger partial charge in [-0.15, -0.1) is 0 Å². The summed E-state index contributed by atoms with van der Waals surface area (Å²) in [5.41, 5.74) is 1.16. The van der Waals surface area contributed by atoms with Crippen molar-refractivity contribution in [2.75, 3.05) is 40.3 Å². The molecule has 30 heavy (non-hydrogen) atoms. The molecule has 0 saturated carbocycles. The molecule has 0 spiro atoms. The van der Waals surface area contributed by atoms with Gasteiger partial charge in [-0.2, -0.15) is 0 Å². The molecular weight excluding hydrogens is 388 g/mol. The monoisotopic (exact) mass is 414 g/mol. The summed E-state index contributed by atoms with van der Waals surface area (Å²) >= 11 is 0. The molecule has 0 aromatic heterocycles. The SMILES string of the molecule is COCCOCOc1ccc(C(=O)CCCC(=O)c2ccc3c(c2)OCCO3)cc1. The van der Waals surface area contributed by atoms with E-state index < -0.39 is 0 Å². The van der Waals surface area contributed by atoms with Gasteiger partial charge in [-0.25, -0.2) is 0 Å². The number of rotatable bonds is 12. The number of hydrogen-bond acceptors (Lipinski definition) is 7. The number of methoxy groups -OCH3 is 1. The van der Waals surface area contributed by atoms with E-state index in [1.54, 1.807) is 49.6 Å². The van der Waals surface area contributed by atoms with Gasteiger partial charge in [0.2, 0.25) is 0 Å². The van der Waals surface area contributed by atoms with Crippen LogP contribution in [-0.2, 0) is 9.47 Å². The molecule has 2 aromatic rings. The second kappa shape index (κ2) is 11.3. The van der Waals surface area contributed by atoms with Gasteiger partial charge < -0.3 is 23.7 Å². The highest BCUT2D eigenvalue weighted by Crippen LogP contribution is 2.31. The summed E-state index contributed by atoms with van der Waals surface area (Å²) in [5, 5.41) is 0. The van der Waals surface area contributed by atoms with Crippen molar-refractivity contribution in [2.45, 2.75) is 19.3 Å². The summed E-state index contributed by atoms with van der Waals surface area (Å²) < 4.78 is 26.5. The molecule has 1 aliphatic heterocycles. The third kappa shape index (κ3) is 6.30. The molecule has 7 nitrogen and oxygen atoms in total. The van der Waals surface area contributed by atoms with E-state index in [-0.39, 0.29) is 18.4 Å². The number of carbonyl (C=O) groups is 2. The fourth-order valence-electron chi connectivity index (χ4n) is 2.96. The number of Topliss-reactive ketones (excluding diaryl/α,β-unsaturated/α-hetero) is 2. The van der Waals surface area contributed by atoms with Crippen LogP contribution in [0.2, 0.25) is 0 Å². The summed E-state index contributed by atoms with van der Waals surface area (Å²) in [6.45, 7) is 2.08. The minimum Gasteiger partial charge on any atom is -0.486 e. The molecule has 0 bridgehead atoms. The Morgan fingerprint density at radius 3 is 2.27 bits per heavy atom. The topological polar surface area (TPSA) is 80.3 Å². The predicted molar refractivity (Wildman–Crippen MR) is 110 cm³/mol. The molecule has 0 aliphatic carbocycles. The second-order valence-corrected chi connectivity index (χ2v) is 6.75. The summed E-state index contributed by atoms with van der Waals surface area (Å²) in [5.74, 6) is 1.85. The molecule has 0 atom stereocenters. The van der Waals surface area contributed by atoms with Gasteiger partial charge in [0.25, 0.3) is 0 Å². The summed E-state index contributed by atoms with van der Waals surface area (Å²) in [6.07, 6.45) is 1.08. The number of ketones is 2. The van der Waals surface area contributed by atoms with Crippen LogP contribution in [0, 0.1) is 0 Å². The maximum Gasteiger partial charge on any atom is 0.189 e. The van der Waals surface area contributed by atoms with Crippen molar-refractivity contribution in [3.8, 4) is 17.2 Å². The molecule has 0 N–H and O–H groups in total. The van der Waals surface area contributed by atoms with Crippen LogP contribution < -0.4 is 14.2 Å². The van der Waals surface area contributed by atoms with Gasteiger partial charge in [0, 0.05) is 31.1 Å². The lowest BCUT2D eigenvalue weighted by Gasteiger charge is -2.18. The van der Waals surface area contributed by atoms with E-state index in [1.807, 2.05) is 0 Å². The van der Waals surface area contributed by atoms with Crippen molar-refractivity contribution in [3.05, 3.63) is 53.6 Å². The Labute approximate surface area is 175 Å². The van der Waals surface area contributed by atoms with E-state index in [2.05, 4.69) is 0 Å². The number of ether oxygens (including phenoxy) is 5. The maximum absolute atomic E-state index is 12.4. The lowest BCUT2D eigenvalue weighted by molar-refractivity contribution is -0.00847. The molecule has 0 amide bonds. The van der Waals surface area contributed by atoms with Crippen LogP contribution in [0.25, 0.3) is 0 Å². The Hall–Kier alpha value is -2.90. The third-order valence-electron chi connectivity index (χ3n) is 4.59. The molecule has 1 heterocycles. The van der Waals surface area contributed by atoms with Gasteiger partial charge >= 0.3 is 0 Å². The van der Waals surface area contributed by atoms with Crippen molar-refractivity contribution >= 4 is 11.6 Å². The van der Waals surface area contributed by atoms with Gasteiger partial charge in [-0.1, -0.05) is 0 Å².